The molecule has 2 heterocycles. The maximum absolute atomic E-state index is 11.9. The van der Waals surface area contributed by atoms with Crippen LogP contribution in [0.3, 0.4) is 0 Å². The molecule has 0 unspecified atom stereocenters. The molecule has 0 saturated carbocycles. The smallest absolute Gasteiger partial charge is 0.407 e. The third-order valence-electron chi connectivity index (χ3n) is 3.06. The predicted molar refractivity (Wildman–Crippen MR) is 68.5 cm³/mol. The first-order valence-corrected chi connectivity index (χ1v) is 6.27. The van der Waals surface area contributed by atoms with Gasteiger partial charge in [0.1, 0.15) is 5.82 Å². The number of methoxy groups -OCH3 is 1. The van der Waals surface area contributed by atoms with E-state index >= 15 is 0 Å². The van der Waals surface area contributed by atoms with Crippen molar-refractivity contribution < 1.29 is 19.4 Å². The van der Waals surface area contributed by atoms with Crippen LogP contribution in [0.1, 0.15) is 17.1 Å². The Hall–Kier alpha value is -1.93. The van der Waals surface area contributed by atoms with Gasteiger partial charge in [-0.1, -0.05) is 0 Å². The molecule has 8 heteroatoms. The van der Waals surface area contributed by atoms with Gasteiger partial charge in [0.15, 0.2) is 0 Å². The molecule has 20 heavy (non-hydrogen) atoms. The molecular formula is C12H17N3O5. The van der Waals surface area contributed by atoms with Gasteiger partial charge in [0.05, 0.1) is 37.6 Å². The van der Waals surface area contributed by atoms with Gasteiger partial charge in [0.2, 0.25) is 0 Å². The summed E-state index contributed by atoms with van der Waals surface area (Å²) in [6.45, 7) is 1.31. The normalized spacial score (nSPS) is 13.8. The summed E-state index contributed by atoms with van der Waals surface area (Å²) >= 11 is 0. The van der Waals surface area contributed by atoms with Crippen LogP contribution in [0, 0.1) is 0 Å². The molecule has 1 aromatic rings. The number of hydrogen-bond acceptors (Lipinski definition) is 5. The zero-order valence-corrected chi connectivity index (χ0v) is 11.2. The highest BCUT2D eigenvalue weighted by Crippen LogP contribution is 2.10. The van der Waals surface area contributed by atoms with Crippen LogP contribution in [0.15, 0.2) is 4.79 Å². The Balaban J connectivity index is 2.17. The summed E-state index contributed by atoms with van der Waals surface area (Å²) in [5.74, 6) is 0.342. The van der Waals surface area contributed by atoms with Crippen LogP contribution in [0.5, 0.6) is 0 Å². The molecule has 0 radical (unpaired) electrons. The summed E-state index contributed by atoms with van der Waals surface area (Å²) in [5, 5.41) is 9.10. The second-order valence-corrected chi connectivity index (χ2v) is 4.44. The highest BCUT2D eigenvalue weighted by atomic mass is 16.5. The highest BCUT2D eigenvalue weighted by Gasteiger charge is 2.18. The van der Waals surface area contributed by atoms with Crippen LogP contribution in [-0.2, 0) is 29.0 Å². The van der Waals surface area contributed by atoms with Gasteiger partial charge in [-0.15, -0.1) is 0 Å². The summed E-state index contributed by atoms with van der Waals surface area (Å²) in [6, 6.07) is 0. The van der Waals surface area contributed by atoms with Gasteiger partial charge >= 0.3 is 6.09 Å². The van der Waals surface area contributed by atoms with Crippen LogP contribution in [0.2, 0.25) is 0 Å². The van der Waals surface area contributed by atoms with E-state index in [0.29, 0.717) is 30.1 Å². The molecule has 0 aliphatic carbocycles. The standard InChI is InChI=1S/C12H17N3O5/c1-19-5-3-15(12(17)18)6-10-13-9-2-4-20-7-8(9)11(16)14-10/h2-7H2,1H3,(H,17,18)(H,13,14,16). The number of fused-ring (bicyclic) bond motifs is 1. The minimum absolute atomic E-state index is 0.0298. The zero-order valence-electron chi connectivity index (χ0n) is 11.2. The number of rotatable bonds is 5. The van der Waals surface area contributed by atoms with Gasteiger partial charge in [0.25, 0.3) is 5.56 Å². The second kappa shape index (κ2) is 6.49. The Bertz CT molecular complexity index is 542. The molecule has 0 bridgehead atoms. The average molecular weight is 283 g/mol. The number of nitrogens with one attached hydrogen (secondary N) is 1. The van der Waals surface area contributed by atoms with Crippen LogP contribution in [-0.4, -0.2) is 52.9 Å². The van der Waals surface area contributed by atoms with E-state index in [4.69, 9.17) is 14.6 Å². The van der Waals surface area contributed by atoms with E-state index in [0.717, 1.165) is 4.90 Å². The maximum atomic E-state index is 11.9. The SMILES string of the molecule is COCCN(Cc1nc2c(c(=O)[nH]1)COCC2)C(=O)O. The minimum atomic E-state index is -1.08. The van der Waals surface area contributed by atoms with Gasteiger partial charge in [-0.25, -0.2) is 9.78 Å². The second-order valence-electron chi connectivity index (χ2n) is 4.44. The fraction of sp³-hybridized carbons (Fsp3) is 0.583. The lowest BCUT2D eigenvalue weighted by molar-refractivity contribution is 0.106. The number of amides is 1. The quantitative estimate of drug-likeness (QED) is 0.786. The first-order valence-electron chi connectivity index (χ1n) is 6.27. The number of ether oxygens (including phenoxy) is 2. The van der Waals surface area contributed by atoms with Crippen molar-refractivity contribution in [3.63, 3.8) is 0 Å². The van der Waals surface area contributed by atoms with Crippen molar-refractivity contribution in [3.8, 4) is 0 Å². The summed E-state index contributed by atoms with van der Waals surface area (Å²) in [7, 11) is 1.50. The third kappa shape index (κ3) is 3.34. The topological polar surface area (TPSA) is 105 Å². The van der Waals surface area contributed by atoms with Crippen molar-refractivity contribution >= 4 is 6.09 Å². The van der Waals surface area contributed by atoms with E-state index in [1.807, 2.05) is 0 Å². The molecule has 0 atom stereocenters. The van der Waals surface area contributed by atoms with Crippen molar-refractivity contribution in [2.45, 2.75) is 19.6 Å². The molecule has 1 amide bonds. The number of carboxylic acid groups (broad SMARTS) is 1. The molecule has 8 nitrogen and oxygen atoms in total. The lowest BCUT2D eigenvalue weighted by atomic mass is 10.1. The van der Waals surface area contributed by atoms with Gasteiger partial charge in [-0.2, -0.15) is 0 Å². The van der Waals surface area contributed by atoms with E-state index in [-0.39, 0.29) is 31.9 Å². The molecule has 0 spiro atoms. The molecule has 110 valence electrons. The van der Waals surface area contributed by atoms with Crippen LogP contribution in [0.25, 0.3) is 0 Å². The molecule has 1 aliphatic heterocycles. The van der Waals surface area contributed by atoms with E-state index in [1.165, 1.54) is 7.11 Å². The van der Waals surface area contributed by atoms with Crippen LogP contribution in [0.4, 0.5) is 4.79 Å². The fourth-order valence-corrected chi connectivity index (χ4v) is 1.99. The summed E-state index contributed by atoms with van der Waals surface area (Å²) in [4.78, 5) is 31.1. The summed E-state index contributed by atoms with van der Waals surface area (Å²) < 4.78 is 10.1. The highest BCUT2D eigenvalue weighted by molar-refractivity contribution is 5.64. The average Bonchev–Trinajstić information content (AvgIpc) is 2.43. The van der Waals surface area contributed by atoms with Crippen molar-refractivity contribution in [1.29, 1.82) is 0 Å². The zero-order chi connectivity index (χ0) is 14.5. The molecule has 0 fully saturated rings. The number of H-pyrrole nitrogens is 1. The minimum Gasteiger partial charge on any atom is -0.465 e. The van der Waals surface area contributed by atoms with E-state index in [2.05, 4.69) is 9.97 Å². The van der Waals surface area contributed by atoms with Gasteiger partial charge in [-0.05, 0) is 0 Å². The van der Waals surface area contributed by atoms with E-state index in [1.54, 1.807) is 0 Å². The Kier molecular flexibility index (Phi) is 4.70. The monoisotopic (exact) mass is 283 g/mol. The van der Waals surface area contributed by atoms with Gasteiger partial charge in [-0.3, -0.25) is 9.69 Å². The first kappa shape index (κ1) is 14.5. The van der Waals surface area contributed by atoms with E-state index in [9.17, 15) is 9.59 Å². The molecule has 2 N–H and O–H groups in total. The summed E-state index contributed by atoms with van der Waals surface area (Å²) in [6.07, 6.45) is -0.511. The van der Waals surface area contributed by atoms with Gasteiger partial charge < -0.3 is 19.6 Å². The van der Waals surface area contributed by atoms with Crippen LogP contribution >= 0.6 is 0 Å². The predicted octanol–water partition coefficient (Wildman–Crippen LogP) is -0.0310. The number of aromatic amines is 1. The van der Waals surface area contributed by atoms with Crippen molar-refractivity contribution in [2.24, 2.45) is 0 Å². The Labute approximate surface area is 115 Å². The Morgan fingerprint density at radius 2 is 2.40 bits per heavy atom. The Morgan fingerprint density at radius 3 is 3.10 bits per heavy atom. The fourth-order valence-electron chi connectivity index (χ4n) is 1.99. The number of hydrogen-bond donors (Lipinski definition) is 2. The molecule has 2 rings (SSSR count). The molecule has 1 aliphatic rings. The number of nitrogens with zero attached hydrogens (tertiary/aromatic N) is 2. The van der Waals surface area contributed by atoms with Crippen LogP contribution < -0.4 is 5.56 Å². The first-order chi connectivity index (χ1) is 9.61. The molecule has 0 saturated heterocycles. The lowest BCUT2D eigenvalue weighted by Gasteiger charge is -2.20. The number of carbonyl (C=O) groups is 1. The lowest BCUT2D eigenvalue weighted by Crippen LogP contribution is -2.34. The largest absolute Gasteiger partial charge is 0.465 e. The summed E-state index contributed by atoms with van der Waals surface area (Å²) in [5.41, 5.74) is 0.952. The maximum Gasteiger partial charge on any atom is 0.407 e. The van der Waals surface area contributed by atoms with E-state index < -0.39 is 6.09 Å². The molecule has 1 aromatic heterocycles. The Morgan fingerprint density at radius 1 is 1.60 bits per heavy atom. The van der Waals surface area contributed by atoms with Crippen molar-refractivity contribution in [3.05, 3.63) is 27.4 Å². The molecule has 0 aromatic carbocycles. The van der Waals surface area contributed by atoms with Gasteiger partial charge in [0, 0.05) is 20.1 Å². The number of aromatic nitrogens is 2. The van der Waals surface area contributed by atoms with Crippen molar-refractivity contribution in [1.82, 2.24) is 14.9 Å². The third-order valence-corrected chi connectivity index (χ3v) is 3.06. The van der Waals surface area contributed by atoms with Crippen molar-refractivity contribution in [2.75, 3.05) is 26.9 Å². The molecular weight excluding hydrogens is 266 g/mol.